The Morgan fingerprint density at radius 1 is 0.306 bits per heavy atom. The van der Waals surface area contributed by atoms with E-state index in [4.69, 9.17) is 14.2 Å². The van der Waals surface area contributed by atoms with Crippen molar-refractivity contribution in [2.45, 2.75) is 323 Å². The third-order valence-corrected chi connectivity index (χ3v) is 12.8. The Labute approximate surface area is 387 Å². The standard InChI is InChI=1S/C56H108O6/c1-5-7-9-11-13-15-17-19-21-22-24-28-33-37-41-45-49-56(59)62-53(50-60-54(57)47-43-39-35-31-27-23-20-18-16-14-12-10-8-6-2)51-61-55(58)48-44-40-36-32-29-25-26-30-34-38-42-46-52(3)4/h52-53H,5-51H2,1-4H3/t53-/m1/s1. The van der Waals surface area contributed by atoms with Gasteiger partial charge >= 0.3 is 17.9 Å². The minimum atomic E-state index is -0.761. The molecule has 0 fully saturated rings. The minimum Gasteiger partial charge on any atom is -0.462 e. The summed E-state index contributed by atoms with van der Waals surface area (Å²) < 4.78 is 16.9. The van der Waals surface area contributed by atoms with E-state index in [-0.39, 0.29) is 31.1 Å². The maximum Gasteiger partial charge on any atom is 0.306 e. The number of esters is 3. The first-order valence-corrected chi connectivity index (χ1v) is 27.9. The molecule has 0 aromatic rings. The van der Waals surface area contributed by atoms with Crippen molar-refractivity contribution in [3.05, 3.63) is 0 Å². The Kier molecular flexibility index (Phi) is 49.1. The zero-order valence-electron chi connectivity index (χ0n) is 42.3. The second-order valence-corrected chi connectivity index (χ2v) is 19.7. The number of carbonyl (C=O) groups is 3. The Hall–Kier alpha value is -1.59. The molecule has 368 valence electrons. The first-order chi connectivity index (χ1) is 30.4. The summed E-state index contributed by atoms with van der Waals surface area (Å²) in [5, 5.41) is 0. The van der Waals surface area contributed by atoms with Gasteiger partial charge in [0.2, 0.25) is 0 Å². The molecular formula is C56H108O6. The lowest BCUT2D eigenvalue weighted by molar-refractivity contribution is -0.167. The number of rotatable bonds is 51. The molecule has 0 rings (SSSR count). The SMILES string of the molecule is CCCCCCCCCCCCCCCCCCC(=O)O[C@H](COC(=O)CCCCCCCCCCCCCCCC)COC(=O)CCCCCCCCCCCCCC(C)C. The van der Waals surface area contributed by atoms with Crippen LogP contribution in [0.2, 0.25) is 0 Å². The van der Waals surface area contributed by atoms with Crippen LogP contribution in [0.5, 0.6) is 0 Å². The molecule has 6 heteroatoms. The van der Waals surface area contributed by atoms with Crippen molar-refractivity contribution in [1.82, 2.24) is 0 Å². The van der Waals surface area contributed by atoms with Crippen LogP contribution in [0.15, 0.2) is 0 Å². The molecule has 0 bridgehead atoms. The molecule has 0 amide bonds. The molecule has 62 heavy (non-hydrogen) atoms. The molecule has 0 unspecified atom stereocenters. The molecule has 0 spiro atoms. The van der Waals surface area contributed by atoms with Crippen LogP contribution in [0.4, 0.5) is 0 Å². The van der Waals surface area contributed by atoms with Gasteiger partial charge in [-0.15, -0.1) is 0 Å². The highest BCUT2D eigenvalue weighted by atomic mass is 16.6. The molecule has 0 aromatic carbocycles. The first-order valence-electron chi connectivity index (χ1n) is 27.9. The van der Waals surface area contributed by atoms with Gasteiger partial charge in [0.05, 0.1) is 0 Å². The monoisotopic (exact) mass is 877 g/mol. The van der Waals surface area contributed by atoms with E-state index in [1.807, 2.05) is 0 Å². The summed E-state index contributed by atoms with van der Waals surface area (Å²) in [5.41, 5.74) is 0. The lowest BCUT2D eigenvalue weighted by Crippen LogP contribution is -2.30. The van der Waals surface area contributed by atoms with Crippen molar-refractivity contribution in [3.8, 4) is 0 Å². The highest BCUT2D eigenvalue weighted by Crippen LogP contribution is 2.18. The van der Waals surface area contributed by atoms with E-state index in [1.165, 1.54) is 212 Å². The summed E-state index contributed by atoms with van der Waals surface area (Å²) in [6, 6.07) is 0. The lowest BCUT2D eigenvalue weighted by atomic mass is 10.0. The highest BCUT2D eigenvalue weighted by Gasteiger charge is 2.19. The van der Waals surface area contributed by atoms with E-state index in [9.17, 15) is 14.4 Å². The summed E-state index contributed by atoms with van der Waals surface area (Å²) in [5.74, 6) is -0.0112. The molecule has 1 atom stereocenters. The van der Waals surface area contributed by atoms with E-state index >= 15 is 0 Å². The van der Waals surface area contributed by atoms with Crippen LogP contribution in [0.3, 0.4) is 0 Å². The van der Waals surface area contributed by atoms with Crippen molar-refractivity contribution >= 4 is 17.9 Å². The van der Waals surface area contributed by atoms with E-state index in [2.05, 4.69) is 27.7 Å². The van der Waals surface area contributed by atoms with E-state index in [0.29, 0.717) is 19.3 Å². The van der Waals surface area contributed by atoms with Gasteiger partial charge in [-0.3, -0.25) is 14.4 Å². The van der Waals surface area contributed by atoms with Crippen LogP contribution in [-0.2, 0) is 28.6 Å². The molecular weight excluding hydrogens is 769 g/mol. The predicted molar refractivity (Wildman–Crippen MR) is 266 cm³/mol. The minimum absolute atomic E-state index is 0.0621. The molecule has 0 saturated carbocycles. The van der Waals surface area contributed by atoms with Crippen LogP contribution in [0.25, 0.3) is 0 Å². The van der Waals surface area contributed by atoms with Gasteiger partial charge in [-0.05, 0) is 25.2 Å². The summed E-state index contributed by atoms with van der Waals surface area (Å²) in [7, 11) is 0. The second kappa shape index (κ2) is 50.4. The van der Waals surface area contributed by atoms with Gasteiger partial charge in [0.15, 0.2) is 6.10 Å². The summed E-state index contributed by atoms with van der Waals surface area (Å²) in [6.45, 7) is 9.04. The van der Waals surface area contributed by atoms with Crippen LogP contribution >= 0.6 is 0 Å². The molecule has 0 heterocycles. The van der Waals surface area contributed by atoms with Gasteiger partial charge in [-0.1, -0.05) is 278 Å². The van der Waals surface area contributed by atoms with Crippen molar-refractivity contribution in [2.75, 3.05) is 13.2 Å². The van der Waals surface area contributed by atoms with E-state index in [0.717, 1.165) is 63.7 Å². The third kappa shape index (κ3) is 49.4. The van der Waals surface area contributed by atoms with Crippen LogP contribution < -0.4 is 0 Å². The summed E-state index contributed by atoms with van der Waals surface area (Å²) in [4.78, 5) is 38.1. The summed E-state index contributed by atoms with van der Waals surface area (Å²) in [6.07, 6.45) is 53.7. The quantitative estimate of drug-likeness (QED) is 0.0344. The Morgan fingerprint density at radius 2 is 0.532 bits per heavy atom. The third-order valence-electron chi connectivity index (χ3n) is 12.8. The Balaban J connectivity index is 4.31. The van der Waals surface area contributed by atoms with Crippen molar-refractivity contribution in [1.29, 1.82) is 0 Å². The van der Waals surface area contributed by atoms with Gasteiger partial charge in [0.25, 0.3) is 0 Å². The molecule has 0 N–H and O–H groups in total. The number of hydrogen-bond donors (Lipinski definition) is 0. The molecule has 6 nitrogen and oxygen atoms in total. The van der Waals surface area contributed by atoms with Gasteiger partial charge in [0.1, 0.15) is 13.2 Å². The topological polar surface area (TPSA) is 78.9 Å². The molecule has 0 aliphatic carbocycles. The lowest BCUT2D eigenvalue weighted by Gasteiger charge is -2.18. The number of ether oxygens (including phenoxy) is 3. The molecule has 0 saturated heterocycles. The van der Waals surface area contributed by atoms with Crippen LogP contribution in [0, 0.1) is 5.92 Å². The average molecular weight is 877 g/mol. The van der Waals surface area contributed by atoms with Gasteiger partial charge in [0, 0.05) is 19.3 Å². The Bertz CT molecular complexity index is 933. The van der Waals surface area contributed by atoms with Gasteiger partial charge in [-0.25, -0.2) is 0 Å². The van der Waals surface area contributed by atoms with Gasteiger partial charge in [-0.2, -0.15) is 0 Å². The highest BCUT2D eigenvalue weighted by molar-refractivity contribution is 5.71. The summed E-state index contributed by atoms with van der Waals surface area (Å²) >= 11 is 0. The molecule has 0 aliphatic heterocycles. The number of carbonyl (C=O) groups excluding carboxylic acids is 3. The average Bonchev–Trinajstić information content (AvgIpc) is 3.26. The molecule has 0 aromatic heterocycles. The van der Waals surface area contributed by atoms with Crippen molar-refractivity contribution in [3.63, 3.8) is 0 Å². The zero-order chi connectivity index (χ0) is 45.2. The zero-order valence-corrected chi connectivity index (χ0v) is 42.3. The fraction of sp³-hybridized carbons (Fsp3) is 0.946. The largest absolute Gasteiger partial charge is 0.462 e. The van der Waals surface area contributed by atoms with Crippen molar-refractivity contribution in [2.24, 2.45) is 5.92 Å². The van der Waals surface area contributed by atoms with Crippen LogP contribution in [-0.4, -0.2) is 37.2 Å². The fourth-order valence-corrected chi connectivity index (χ4v) is 8.57. The maximum absolute atomic E-state index is 12.8. The van der Waals surface area contributed by atoms with E-state index in [1.54, 1.807) is 0 Å². The first kappa shape index (κ1) is 60.4. The molecule has 0 radical (unpaired) electrons. The van der Waals surface area contributed by atoms with Crippen LogP contribution in [0.1, 0.15) is 317 Å². The second-order valence-electron chi connectivity index (χ2n) is 19.7. The number of hydrogen-bond acceptors (Lipinski definition) is 6. The fourth-order valence-electron chi connectivity index (χ4n) is 8.57. The van der Waals surface area contributed by atoms with Gasteiger partial charge < -0.3 is 14.2 Å². The van der Waals surface area contributed by atoms with E-state index < -0.39 is 6.10 Å². The number of unbranched alkanes of at least 4 members (excludes halogenated alkanes) is 38. The smallest absolute Gasteiger partial charge is 0.306 e. The molecule has 0 aliphatic rings. The normalized spacial score (nSPS) is 12.0. The maximum atomic E-state index is 12.8. The predicted octanol–water partition coefficient (Wildman–Crippen LogP) is 18.2. The Morgan fingerprint density at radius 3 is 0.790 bits per heavy atom. The van der Waals surface area contributed by atoms with Crippen molar-refractivity contribution < 1.29 is 28.6 Å².